The number of fused-ring (bicyclic) bond motifs is 3. The van der Waals surface area contributed by atoms with Crippen LogP contribution in [0.15, 0.2) is 169 Å². The second kappa shape index (κ2) is 15.2. The van der Waals surface area contributed by atoms with E-state index in [1.54, 1.807) is 12.3 Å². The van der Waals surface area contributed by atoms with Gasteiger partial charge in [0.05, 0.1) is 23.0 Å². The van der Waals surface area contributed by atoms with E-state index in [9.17, 15) is 0 Å². The van der Waals surface area contributed by atoms with Gasteiger partial charge in [0.2, 0.25) is 0 Å². The van der Waals surface area contributed by atoms with E-state index in [-0.39, 0.29) is 20.1 Å². The largest absolute Gasteiger partial charge is 0.501 e. The fourth-order valence-electron chi connectivity index (χ4n) is 6.23. The molecule has 0 atom stereocenters. The van der Waals surface area contributed by atoms with Gasteiger partial charge in [-0.3, -0.25) is 4.98 Å². The van der Waals surface area contributed by atoms with Crippen molar-refractivity contribution in [2.75, 3.05) is 0 Å². The SMILES string of the molecule is Cn1ccnc1-c1[c-]ccc2c1oc1ccc(C#N)cc12.[Ir].[c-]1ccccc1-c1cc(-c2ccc(-c3ccc(-c4ccccc4)cc3)cc2)ccn1. The number of aryl methyl sites for hydroxylation is 1. The number of hydrogen-bond donors (Lipinski definition) is 0. The van der Waals surface area contributed by atoms with Gasteiger partial charge in [-0.1, -0.05) is 95.9 Å². The Morgan fingerprint density at radius 2 is 1.29 bits per heavy atom. The minimum atomic E-state index is 0. The third-order valence-corrected chi connectivity index (χ3v) is 8.89. The molecular weight excluding hydrogens is 817 g/mol. The quantitative estimate of drug-likeness (QED) is 0.162. The maximum Gasteiger partial charge on any atom is 0.121 e. The van der Waals surface area contributed by atoms with Gasteiger partial charge in [-0.15, -0.1) is 54.1 Å². The summed E-state index contributed by atoms with van der Waals surface area (Å²) in [6, 6.07) is 57.9. The maximum absolute atomic E-state index is 9.05. The van der Waals surface area contributed by atoms with Crippen LogP contribution in [0.25, 0.3) is 78.0 Å². The van der Waals surface area contributed by atoms with E-state index in [1.165, 1.54) is 27.8 Å². The van der Waals surface area contributed by atoms with Gasteiger partial charge >= 0.3 is 0 Å². The number of pyridine rings is 1. The van der Waals surface area contributed by atoms with Crippen molar-refractivity contribution < 1.29 is 24.5 Å². The fraction of sp³-hybridized carbons (Fsp3) is 0.0217. The molecule has 0 aliphatic carbocycles. The van der Waals surface area contributed by atoms with E-state index in [0.29, 0.717) is 5.56 Å². The minimum absolute atomic E-state index is 0. The average molecular weight is 847 g/mol. The Hall–Kier alpha value is -6.38. The maximum atomic E-state index is 9.05. The number of hydrogen-bond acceptors (Lipinski definition) is 4. The molecule has 0 aliphatic heterocycles. The molecule has 9 aromatic rings. The van der Waals surface area contributed by atoms with Crippen LogP contribution in [0.5, 0.6) is 0 Å². The Bertz CT molecular complexity index is 2640. The van der Waals surface area contributed by atoms with Crippen molar-refractivity contribution in [3.05, 3.63) is 182 Å². The van der Waals surface area contributed by atoms with E-state index in [1.807, 2.05) is 78.6 Å². The number of furan rings is 1. The van der Waals surface area contributed by atoms with E-state index >= 15 is 0 Å². The van der Waals surface area contributed by atoms with Crippen molar-refractivity contribution in [3.8, 4) is 62.1 Å². The first-order valence-electron chi connectivity index (χ1n) is 16.6. The number of nitrogens with zero attached hydrogens (tertiary/aromatic N) is 4. The minimum Gasteiger partial charge on any atom is -0.501 e. The zero-order chi connectivity index (χ0) is 34.6. The number of benzene rings is 6. The van der Waals surface area contributed by atoms with Crippen LogP contribution < -0.4 is 0 Å². The molecule has 3 aromatic heterocycles. The van der Waals surface area contributed by atoms with Crippen molar-refractivity contribution in [1.29, 1.82) is 5.26 Å². The first-order chi connectivity index (χ1) is 25.1. The normalized spacial score (nSPS) is 10.6. The van der Waals surface area contributed by atoms with E-state index in [0.717, 1.165) is 50.1 Å². The van der Waals surface area contributed by atoms with Crippen LogP contribution in [-0.4, -0.2) is 14.5 Å². The summed E-state index contributed by atoms with van der Waals surface area (Å²) in [6.45, 7) is 0. The molecule has 52 heavy (non-hydrogen) atoms. The van der Waals surface area contributed by atoms with Gasteiger partial charge in [0.1, 0.15) is 5.58 Å². The molecule has 0 bridgehead atoms. The molecule has 0 spiro atoms. The summed E-state index contributed by atoms with van der Waals surface area (Å²) in [5, 5.41) is 11.0. The molecule has 0 N–H and O–H groups in total. The second-order valence-electron chi connectivity index (χ2n) is 12.1. The Morgan fingerprint density at radius 1 is 0.615 bits per heavy atom. The van der Waals surface area contributed by atoms with Crippen LogP contribution in [0.4, 0.5) is 0 Å². The van der Waals surface area contributed by atoms with Crippen molar-refractivity contribution in [1.82, 2.24) is 14.5 Å². The standard InChI is InChI=1S/C29H20N.C17H10N3O.Ir/c1-3-7-22(8-4-1)23-11-13-24(14-12-23)25-15-17-26(18-16-25)28-19-20-30-29(21-28)27-9-5-2-6-10-27;1-20-8-7-19-17(20)13-4-2-3-12-14-9-11(10-18)5-6-15(14)21-16(12)13;/h1-9,11-21H;2-3,5-9H,1H3;/q2*-1;. The third kappa shape index (κ3) is 6.97. The molecule has 0 fully saturated rings. The third-order valence-electron chi connectivity index (χ3n) is 8.89. The monoisotopic (exact) mass is 847 g/mol. The van der Waals surface area contributed by atoms with Gasteiger partial charge < -0.3 is 14.0 Å². The molecule has 0 unspecified atom stereocenters. The molecule has 6 heteroatoms. The van der Waals surface area contributed by atoms with Crippen molar-refractivity contribution >= 4 is 21.9 Å². The number of imidazole rings is 1. The molecule has 0 saturated heterocycles. The van der Waals surface area contributed by atoms with Crippen LogP contribution in [-0.2, 0) is 27.2 Å². The Morgan fingerprint density at radius 3 is 1.92 bits per heavy atom. The first-order valence-corrected chi connectivity index (χ1v) is 16.6. The molecule has 0 saturated carbocycles. The predicted octanol–water partition coefficient (Wildman–Crippen LogP) is 11.2. The van der Waals surface area contributed by atoms with Crippen LogP contribution in [0.3, 0.4) is 0 Å². The van der Waals surface area contributed by atoms with Crippen LogP contribution in [0, 0.1) is 23.5 Å². The molecule has 5 nitrogen and oxygen atoms in total. The molecule has 6 aromatic carbocycles. The smallest absolute Gasteiger partial charge is 0.121 e. The topological polar surface area (TPSA) is 67.6 Å². The zero-order valence-corrected chi connectivity index (χ0v) is 30.5. The summed E-state index contributed by atoms with van der Waals surface area (Å²) in [5.74, 6) is 0.806. The van der Waals surface area contributed by atoms with Crippen molar-refractivity contribution in [2.24, 2.45) is 7.05 Å². The van der Waals surface area contributed by atoms with Crippen LogP contribution in [0.2, 0.25) is 0 Å². The predicted molar refractivity (Wildman–Crippen MR) is 204 cm³/mol. The molecule has 1 radical (unpaired) electrons. The summed E-state index contributed by atoms with van der Waals surface area (Å²) < 4.78 is 7.90. The second-order valence-corrected chi connectivity index (χ2v) is 12.1. The van der Waals surface area contributed by atoms with Crippen LogP contribution in [0.1, 0.15) is 5.56 Å². The molecule has 0 aliphatic rings. The number of aromatic nitrogens is 3. The van der Waals surface area contributed by atoms with Gasteiger partial charge in [0.15, 0.2) is 0 Å². The first kappa shape index (κ1) is 34.1. The summed E-state index contributed by atoms with van der Waals surface area (Å²) in [6.07, 6.45) is 5.50. The Balaban J connectivity index is 0.000000168. The van der Waals surface area contributed by atoms with Gasteiger partial charge in [0, 0.05) is 51.1 Å². The number of rotatable bonds is 5. The summed E-state index contributed by atoms with van der Waals surface area (Å²) in [5.41, 5.74) is 12.1. The Kier molecular flexibility index (Phi) is 9.99. The molecule has 0 amide bonds. The Labute approximate surface area is 315 Å². The fourth-order valence-corrected chi connectivity index (χ4v) is 6.23. The van der Waals surface area contributed by atoms with E-state index in [2.05, 4.69) is 113 Å². The van der Waals surface area contributed by atoms with Crippen LogP contribution >= 0.6 is 0 Å². The molecule has 3 heterocycles. The summed E-state index contributed by atoms with van der Waals surface area (Å²) in [4.78, 5) is 8.86. The zero-order valence-electron chi connectivity index (χ0n) is 28.1. The van der Waals surface area contributed by atoms with E-state index < -0.39 is 0 Å². The van der Waals surface area contributed by atoms with Crippen molar-refractivity contribution in [2.45, 2.75) is 0 Å². The number of nitriles is 1. The molecule has 9 rings (SSSR count). The molecule has 251 valence electrons. The van der Waals surface area contributed by atoms with Gasteiger partial charge in [-0.25, -0.2) is 0 Å². The average Bonchev–Trinajstić information content (AvgIpc) is 3.81. The van der Waals surface area contributed by atoms with Gasteiger partial charge in [-0.2, -0.15) is 5.26 Å². The van der Waals surface area contributed by atoms with Crippen molar-refractivity contribution in [3.63, 3.8) is 0 Å². The molecular formula is C46H30IrN4O-2. The summed E-state index contributed by atoms with van der Waals surface area (Å²) in [7, 11) is 1.94. The van der Waals surface area contributed by atoms with E-state index in [4.69, 9.17) is 9.68 Å². The summed E-state index contributed by atoms with van der Waals surface area (Å²) >= 11 is 0. The van der Waals surface area contributed by atoms with Gasteiger partial charge in [0.25, 0.3) is 0 Å². The van der Waals surface area contributed by atoms with Gasteiger partial charge in [-0.05, 0) is 63.3 Å².